The lowest BCUT2D eigenvalue weighted by molar-refractivity contribution is 0.967. The van der Waals surface area contributed by atoms with E-state index < -0.39 is 0 Å². The monoisotopic (exact) mass is 235 g/mol. The molecule has 0 bridgehead atoms. The molecule has 0 saturated carbocycles. The van der Waals surface area contributed by atoms with Crippen molar-refractivity contribution in [2.75, 3.05) is 5.73 Å². The second-order valence-corrected chi connectivity index (χ2v) is 3.85. The number of rotatable bonds is 1. The number of aromatic nitrogens is 3. The van der Waals surface area contributed by atoms with E-state index in [1.165, 1.54) is 0 Å². The molecule has 2 heterocycles. The van der Waals surface area contributed by atoms with E-state index in [-0.39, 0.29) is 0 Å². The van der Waals surface area contributed by atoms with Gasteiger partial charge in [-0.05, 0) is 24.3 Å². The second-order valence-electron chi connectivity index (χ2n) is 3.85. The summed E-state index contributed by atoms with van der Waals surface area (Å²) in [7, 11) is 0. The average Bonchev–Trinajstić information content (AvgIpc) is 2.81. The standard InChI is InChI=1S/C13H9N5/c14-8-9-1-2-10-4-6-18(11(10)7-9)13-16-5-3-12(15)17-13/h1-7H,(H2,15,16,17). The molecule has 5 heteroatoms. The Morgan fingerprint density at radius 2 is 2.11 bits per heavy atom. The number of hydrogen-bond acceptors (Lipinski definition) is 4. The maximum Gasteiger partial charge on any atom is 0.236 e. The van der Waals surface area contributed by atoms with E-state index >= 15 is 0 Å². The molecule has 1 aromatic carbocycles. The van der Waals surface area contributed by atoms with Crippen LogP contribution in [0.3, 0.4) is 0 Å². The Hall–Kier alpha value is -2.87. The third-order valence-corrected chi connectivity index (χ3v) is 2.70. The molecule has 0 unspecified atom stereocenters. The van der Waals surface area contributed by atoms with Crippen LogP contribution in [0.5, 0.6) is 0 Å². The van der Waals surface area contributed by atoms with E-state index in [9.17, 15) is 0 Å². The maximum absolute atomic E-state index is 8.93. The molecule has 0 radical (unpaired) electrons. The fourth-order valence-corrected chi connectivity index (χ4v) is 1.85. The van der Waals surface area contributed by atoms with Crippen molar-refractivity contribution in [2.45, 2.75) is 0 Å². The molecular weight excluding hydrogens is 226 g/mol. The lowest BCUT2D eigenvalue weighted by atomic mass is 10.2. The predicted octanol–water partition coefficient (Wildman–Crippen LogP) is 1.87. The largest absolute Gasteiger partial charge is 0.384 e. The Kier molecular flexibility index (Phi) is 2.21. The molecule has 0 aliphatic rings. The molecule has 0 aliphatic heterocycles. The molecular formula is C13H9N5. The van der Waals surface area contributed by atoms with Gasteiger partial charge in [0.05, 0.1) is 17.1 Å². The van der Waals surface area contributed by atoms with Crippen molar-refractivity contribution in [1.29, 1.82) is 5.26 Å². The SMILES string of the molecule is N#Cc1ccc2ccn(-c3nccc(N)n3)c2c1. The second kappa shape index (κ2) is 3.86. The average molecular weight is 235 g/mol. The lowest BCUT2D eigenvalue weighted by Crippen LogP contribution is -2.01. The summed E-state index contributed by atoms with van der Waals surface area (Å²) in [6.45, 7) is 0. The van der Waals surface area contributed by atoms with Crippen LogP contribution in [-0.4, -0.2) is 14.5 Å². The molecule has 0 spiro atoms. The van der Waals surface area contributed by atoms with Crippen LogP contribution >= 0.6 is 0 Å². The zero-order valence-corrected chi connectivity index (χ0v) is 9.41. The highest BCUT2D eigenvalue weighted by Gasteiger charge is 2.06. The van der Waals surface area contributed by atoms with Gasteiger partial charge in [0.25, 0.3) is 0 Å². The van der Waals surface area contributed by atoms with Crippen LogP contribution in [0.1, 0.15) is 5.56 Å². The van der Waals surface area contributed by atoms with Gasteiger partial charge in [-0.1, -0.05) is 6.07 Å². The van der Waals surface area contributed by atoms with Gasteiger partial charge in [0, 0.05) is 17.8 Å². The number of anilines is 1. The van der Waals surface area contributed by atoms with Crippen molar-refractivity contribution in [3.8, 4) is 12.0 Å². The van der Waals surface area contributed by atoms with Gasteiger partial charge in [0.1, 0.15) is 5.82 Å². The van der Waals surface area contributed by atoms with Gasteiger partial charge < -0.3 is 5.73 Å². The van der Waals surface area contributed by atoms with Crippen molar-refractivity contribution in [1.82, 2.24) is 14.5 Å². The fourth-order valence-electron chi connectivity index (χ4n) is 1.85. The minimum absolute atomic E-state index is 0.415. The van der Waals surface area contributed by atoms with Crippen LogP contribution in [-0.2, 0) is 0 Å². The third kappa shape index (κ3) is 1.57. The summed E-state index contributed by atoms with van der Waals surface area (Å²) in [5.41, 5.74) is 7.14. The molecule has 86 valence electrons. The predicted molar refractivity (Wildman–Crippen MR) is 68.0 cm³/mol. The Bertz CT molecular complexity index is 766. The van der Waals surface area contributed by atoms with Gasteiger partial charge in [-0.15, -0.1) is 0 Å². The number of nitrogen functional groups attached to an aromatic ring is 1. The summed E-state index contributed by atoms with van der Waals surface area (Å²) < 4.78 is 1.81. The molecule has 3 aromatic rings. The van der Waals surface area contributed by atoms with Gasteiger partial charge in [0.2, 0.25) is 5.95 Å². The molecule has 0 fully saturated rings. The van der Waals surface area contributed by atoms with Gasteiger partial charge >= 0.3 is 0 Å². The Balaban J connectivity index is 2.27. The molecule has 2 aromatic heterocycles. The highest BCUT2D eigenvalue weighted by molar-refractivity contribution is 5.82. The van der Waals surface area contributed by atoms with Crippen molar-refractivity contribution >= 4 is 16.7 Å². The number of hydrogen-bond donors (Lipinski definition) is 1. The highest BCUT2D eigenvalue weighted by atomic mass is 15.2. The van der Waals surface area contributed by atoms with Crippen LogP contribution in [0, 0.1) is 11.3 Å². The highest BCUT2D eigenvalue weighted by Crippen LogP contribution is 2.20. The van der Waals surface area contributed by atoms with Gasteiger partial charge in [-0.3, -0.25) is 4.57 Å². The lowest BCUT2D eigenvalue weighted by Gasteiger charge is -2.03. The van der Waals surface area contributed by atoms with E-state index in [0.717, 1.165) is 10.9 Å². The summed E-state index contributed by atoms with van der Waals surface area (Å²) in [6, 6.07) is 11.2. The van der Waals surface area contributed by atoms with Crippen LogP contribution in [0.4, 0.5) is 5.82 Å². The van der Waals surface area contributed by atoms with Crippen LogP contribution < -0.4 is 5.73 Å². The third-order valence-electron chi connectivity index (χ3n) is 2.70. The molecule has 0 amide bonds. The van der Waals surface area contributed by atoms with E-state index in [0.29, 0.717) is 17.3 Å². The first-order valence-electron chi connectivity index (χ1n) is 5.38. The Morgan fingerprint density at radius 3 is 2.89 bits per heavy atom. The van der Waals surface area contributed by atoms with Gasteiger partial charge in [0.15, 0.2) is 0 Å². The van der Waals surface area contributed by atoms with Crippen molar-refractivity contribution in [3.63, 3.8) is 0 Å². The van der Waals surface area contributed by atoms with E-state index in [2.05, 4.69) is 16.0 Å². The Morgan fingerprint density at radius 1 is 1.22 bits per heavy atom. The van der Waals surface area contributed by atoms with E-state index in [1.807, 2.05) is 29.0 Å². The molecule has 5 nitrogen and oxygen atoms in total. The van der Waals surface area contributed by atoms with Crippen LogP contribution in [0.2, 0.25) is 0 Å². The summed E-state index contributed by atoms with van der Waals surface area (Å²) in [5, 5.41) is 9.96. The summed E-state index contributed by atoms with van der Waals surface area (Å²) >= 11 is 0. The number of benzene rings is 1. The van der Waals surface area contributed by atoms with Crippen LogP contribution in [0.25, 0.3) is 16.9 Å². The topological polar surface area (TPSA) is 80.5 Å². The Labute approximate surface area is 103 Å². The first-order chi connectivity index (χ1) is 8.78. The first-order valence-corrected chi connectivity index (χ1v) is 5.38. The number of nitriles is 1. The van der Waals surface area contributed by atoms with Gasteiger partial charge in [-0.25, -0.2) is 4.98 Å². The van der Waals surface area contributed by atoms with Crippen molar-refractivity contribution < 1.29 is 0 Å². The molecule has 0 saturated heterocycles. The minimum atomic E-state index is 0.415. The summed E-state index contributed by atoms with van der Waals surface area (Å²) in [4.78, 5) is 8.34. The quantitative estimate of drug-likeness (QED) is 0.698. The number of nitrogens with zero attached hydrogens (tertiary/aromatic N) is 4. The molecule has 18 heavy (non-hydrogen) atoms. The van der Waals surface area contributed by atoms with Crippen molar-refractivity contribution in [2.24, 2.45) is 0 Å². The fraction of sp³-hybridized carbons (Fsp3) is 0. The normalized spacial score (nSPS) is 10.4. The molecule has 2 N–H and O–H groups in total. The molecule has 3 rings (SSSR count). The minimum Gasteiger partial charge on any atom is -0.384 e. The molecule has 0 atom stereocenters. The van der Waals surface area contributed by atoms with Crippen molar-refractivity contribution in [3.05, 3.63) is 48.3 Å². The van der Waals surface area contributed by atoms with E-state index in [1.54, 1.807) is 18.3 Å². The summed E-state index contributed by atoms with van der Waals surface area (Å²) in [6.07, 6.45) is 3.47. The smallest absolute Gasteiger partial charge is 0.236 e. The number of nitrogens with two attached hydrogens (primary N) is 1. The first kappa shape index (κ1) is 10.3. The van der Waals surface area contributed by atoms with Gasteiger partial charge in [-0.2, -0.15) is 10.2 Å². The van der Waals surface area contributed by atoms with E-state index in [4.69, 9.17) is 11.0 Å². The number of fused-ring (bicyclic) bond motifs is 1. The molecule has 0 aliphatic carbocycles. The van der Waals surface area contributed by atoms with Crippen LogP contribution in [0.15, 0.2) is 42.7 Å². The zero-order chi connectivity index (χ0) is 12.5. The maximum atomic E-state index is 8.93. The zero-order valence-electron chi connectivity index (χ0n) is 9.41. The summed E-state index contributed by atoms with van der Waals surface area (Å²) in [5.74, 6) is 0.915.